The van der Waals surface area contributed by atoms with Gasteiger partial charge in [-0.3, -0.25) is 0 Å². The molecule has 260 valence electrons. The zero-order valence-corrected chi connectivity index (χ0v) is 29.9. The monoisotopic (exact) mass is 690 g/mol. The highest BCUT2D eigenvalue weighted by molar-refractivity contribution is 7.92. The van der Waals surface area contributed by atoms with Crippen LogP contribution in [0.5, 0.6) is 5.75 Å². The Morgan fingerprint density at radius 3 is 2.20 bits per heavy atom. The van der Waals surface area contributed by atoms with E-state index in [-0.39, 0.29) is 4.90 Å². The number of nitrogens with one attached hydrogen (secondary N) is 2. The molecule has 0 radical (unpaired) electrons. The molecular weight excluding hydrogens is 645 g/mol. The van der Waals surface area contributed by atoms with Crippen molar-refractivity contribution in [2.24, 2.45) is 0 Å². The molecule has 0 spiro atoms. The van der Waals surface area contributed by atoms with Gasteiger partial charge in [-0.25, -0.2) is 13.4 Å². The van der Waals surface area contributed by atoms with Crippen molar-refractivity contribution in [3.05, 3.63) is 103 Å². The molecule has 7 rings (SSSR count). The molecule has 2 fully saturated rings. The summed E-state index contributed by atoms with van der Waals surface area (Å²) in [5.41, 5.74) is 4.56. The first-order chi connectivity index (χ1) is 24.3. The van der Waals surface area contributed by atoms with Gasteiger partial charge in [0.1, 0.15) is 11.6 Å². The Hall–Kier alpha value is -4.67. The maximum atomic E-state index is 13.2. The minimum atomic E-state index is -3.53. The smallest absolute Gasteiger partial charge is 0.229 e. The molecule has 2 aliphatic heterocycles. The van der Waals surface area contributed by atoms with E-state index in [1.54, 1.807) is 39.2 Å². The lowest BCUT2D eigenvalue weighted by molar-refractivity contribution is 0.132. The SMILES string of the molecule is COc1cc(N2CCC(N3CCC(c4ccccc4)CC3)CC2)ccc1Nc1nc(Nc2ccccc2S(=O)(=O)C(C)C)c2ccccc2n1. The predicted molar refractivity (Wildman–Crippen MR) is 203 cm³/mol. The number of methoxy groups -OCH3 is 1. The Balaban J connectivity index is 1.05. The summed E-state index contributed by atoms with van der Waals surface area (Å²) < 4.78 is 32.2. The maximum Gasteiger partial charge on any atom is 0.229 e. The third-order valence-corrected chi connectivity index (χ3v) is 12.5. The van der Waals surface area contributed by atoms with Gasteiger partial charge in [0, 0.05) is 36.3 Å². The van der Waals surface area contributed by atoms with E-state index in [1.807, 2.05) is 36.4 Å². The number of fused-ring (bicyclic) bond motifs is 1. The fourth-order valence-electron chi connectivity index (χ4n) is 7.34. The van der Waals surface area contributed by atoms with Crippen molar-refractivity contribution in [1.82, 2.24) is 14.9 Å². The Labute approximate surface area is 295 Å². The quantitative estimate of drug-likeness (QED) is 0.150. The van der Waals surface area contributed by atoms with Gasteiger partial charge < -0.3 is 25.2 Å². The van der Waals surface area contributed by atoms with E-state index in [2.05, 4.69) is 62.9 Å². The van der Waals surface area contributed by atoms with E-state index >= 15 is 0 Å². The summed E-state index contributed by atoms with van der Waals surface area (Å²) in [5, 5.41) is 6.90. The molecule has 0 bridgehead atoms. The molecule has 10 heteroatoms. The van der Waals surface area contributed by atoms with Gasteiger partial charge in [-0.15, -0.1) is 0 Å². The van der Waals surface area contributed by atoms with E-state index in [1.165, 1.54) is 31.5 Å². The van der Waals surface area contributed by atoms with E-state index in [9.17, 15) is 8.42 Å². The summed E-state index contributed by atoms with van der Waals surface area (Å²) in [4.78, 5) is 15.0. The van der Waals surface area contributed by atoms with Crippen molar-refractivity contribution in [3.8, 4) is 5.75 Å². The van der Waals surface area contributed by atoms with Gasteiger partial charge in [0.15, 0.2) is 9.84 Å². The Bertz CT molecular complexity index is 2040. The predicted octanol–water partition coefficient (Wildman–Crippen LogP) is 8.16. The summed E-state index contributed by atoms with van der Waals surface area (Å²) in [6.07, 6.45) is 4.78. The second-order valence-corrected chi connectivity index (χ2v) is 16.0. The Morgan fingerprint density at radius 1 is 0.760 bits per heavy atom. The molecular formula is C40H46N6O3S. The molecule has 0 aliphatic carbocycles. The molecule has 0 unspecified atom stereocenters. The van der Waals surface area contributed by atoms with Crippen molar-refractivity contribution < 1.29 is 13.2 Å². The van der Waals surface area contributed by atoms with Crippen LogP contribution in [0.3, 0.4) is 0 Å². The highest BCUT2D eigenvalue weighted by Gasteiger charge is 2.29. The molecule has 0 atom stereocenters. The lowest BCUT2D eigenvalue weighted by atomic mass is 9.88. The van der Waals surface area contributed by atoms with Crippen LogP contribution in [0.2, 0.25) is 0 Å². The number of benzene rings is 4. The molecule has 5 aromatic rings. The number of hydrogen-bond donors (Lipinski definition) is 2. The second kappa shape index (κ2) is 14.7. The standard InChI is InChI=1S/C40H46N6O3S/c1-28(2)50(47,48)38-16-10-9-15-36(38)41-39-33-13-7-8-14-34(33)42-40(44-39)43-35-18-17-32(27-37(35)49-3)46-25-21-31(22-26-46)45-23-19-30(20-24-45)29-11-5-4-6-12-29/h4-18,27-28,30-31H,19-26H2,1-3H3,(H2,41,42,43,44). The van der Waals surface area contributed by atoms with Crippen LogP contribution >= 0.6 is 0 Å². The van der Waals surface area contributed by atoms with E-state index < -0.39 is 15.1 Å². The molecule has 4 aromatic carbocycles. The first-order valence-electron chi connectivity index (χ1n) is 17.7. The van der Waals surface area contributed by atoms with Crippen LogP contribution in [0.4, 0.5) is 28.8 Å². The maximum absolute atomic E-state index is 13.2. The summed E-state index contributed by atoms with van der Waals surface area (Å²) >= 11 is 0. The highest BCUT2D eigenvalue weighted by Crippen LogP contribution is 2.36. The van der Waals surface area contributed by atoms with Crippen LogP contribution in [0.15, 0.2) is 102 Å². The van der Waals surface area contributed by atoms with Gasteiger partial charge in [0.05, 0.1) is 34.1 Å². The van der Waals surface area contributed by atoms with Crippen LogP contribution in [0, 0.1) is 0 Å². The zero-order chi connectivity index (χ0) is 34.7. The fourth-order valence-corrected chi connectivity index (χ4v) is 8.54. The van der Waals surface area contributed by atoms with E-state index in [0.717, 1.165) is 48.2 Å². The summed E-state index contributed by atoms with van der Waals surface area (Å²) in [5.74, 6) is 2.26. The molecule has 0 saturated carbocycles. The van der Waals surface area contributed by atoms with Gasteiger partial charge in [-0.2, -0.15) is 4.98 Å². The van der Waals surface area contributed by atoms with Gasteiger partial charge in [-0.1, -0.05) is 54.6 Å². The van der Waals surface area contributed by atoms with Crippen LogP contribution in [0.25, 0.3) is 10.9 Å². The first-order valence-corrected chi connectivity index (χ1v) is 19.2. The summed E-state index contributed by atoms with van der Waals surface area (Å²) in [6, 6.07) is 32.5. The third kappa shape index (κ3) is 7.13. The third-order valence-electron chi connectivity index (χ3n) is 10.2. The van der Waals surface area contributed by atoms with Crippen molar-refractivity contribution in [3.63, 3.8) is 0 Å². The Kier molecular flexibility index (Phi) is 9.92. The van der Waals surface area contributed by atoms with E-state index in [0.29, 0.717) is 35.2 Å². The largest absolute Gasteiger partial charge is 0.494 e. The lowest BCUT2D eigenvalue weighted by Gasteiger charge is -2.42. The minimum absolute atomic E-state index is 0.237. The van der Waals surface area contributed by atoms with Crippen molar-refractivity contribution in [2.45, 2.75) is 61.6 Å². The average molecular weight is 691 g/mol. The lowest BCUT2D eigenvalue weighted by Crippen LogP contribution is -2.47. The normalized spacial score (nSPS) is 16.5. The molecule has 3 heterocycles. The number of aromatic nitrogens is 2. The molecule has 9 nitrogen and oxygen atoms in total. The van der Waals surface area contributed by atoms with Gasteiger partial charge >= 0.3 is 0 Å². The minimum Gasteiger partial charge on any atom is -0.494 e. The number of rotatable bonds is 10. The molecule has 50 heavy (non-hydrogen) atoms. The molecule has 2 N–H and O–H groups in total. The van der Waals surface area contributed by atoms with Crippen LogP contribution in [-0.4, -0.2) is 67.9 Å². The number of nitrogens with zero attached hydrogens (tertiary/aromatic N) is 4. The number of piperidine rings is 2. The molecule has 2 saturated heterocycles. The number of para-hydroxylation sites is 2. The van der Waals surface area contributed by atoms with E-state index in [4.69, 9.17) is 14.7 Å². The van der Waals surface area contributed by atoms with Crippen LogP contribution < -0.4 is 20.3 Å². The number of likely N-dealkylation sites (tertiary alicyclic amines) is 1. The number of anilines is 5. The molecule has 1 aromatic heterocycles. The van der Waals surface area contributed by atoms with Crippen LogP contribution in [0.1, 0.15) is 51.0 Å². The topological polar surface area (TPSA) is 99.7 Å². The van der Waals surface area contributed by atoms with Gasteiger partial charge in [0.2, 0.25) is 5.95 Å². The number of sulfone groups is 1. The number of ether oxygens (including phenoxy) is 1. The van der Waals surface area contributed by atoms with Crippen molar-refractivity contribution >= 4 is 49.6 Å². The highest BCUT2D eigenvalue weighted by atomic mass is 32.2. The Morgan fingerprint density at radius 2 is 1.46 bits per heavy atom. The first kappa shape index (κ1) is 33.8. The summed E-state index contributed by atoms with van der Waals surface area (Å²) in [7, 11) is -1.85. The average Bonchev–Trinajstić information content (AvgIpc) is 3.15. The molecule has 2 aliphatic rings. The van der Waals surface area contributed by atoms with Gasteiger partial charge in [0.25, 0.3) is 0 Å². The van der Waals surface area contributed by atoms with Crippen LogP contribution in [-0.2, 0) is 9.84 Å². The summed E-state index contributed by atoms with van der Waals surface area (Å²) in [6.45, 7) is 7.75. The van der Waals surface area contributed by atoms with Gasteiger partial charge in [-0.05, 0) is 100 Å². The zero-order valence-electron chi connectivity index (χ0n) is 29.0. The fraction of sp³-hybridized carbons (Fsp3) is 0.350. The number of hydrogen-bond acceptors (Lipinski definition) is 9. The van der Waals surface area contributed by atoms with Crippen molar-refractivity contribution in [2.75, 3.05) is 48.8 Å². The van der Waals surface area contributed by atoms with Crippen molar-refractivity contribution in [1.29, 1.82) is 0 Å². The molecule has 0 amide bonds. The second-order valence-electron chi connectivity index (χ2n) is 13.6.